The van der Waals surface area contributed by atoms with E-state index < -0.39 is 0 Å². The minimum absolute atomic E-state index is 0.0229. The minimum atomic E-state index is -0.0704. The van der Waals surface area contributed by atoms with Gasteiger partial charge in [0, 0.05) is 35.1 Å². The van der Waals surface area contributed by atoms with Crippen molar-refractivity contribution in [1.82, 2.24) is 10.3 Å². The van der Waals surface area contributed by atoms with E-state index in [0.29, 0.717) is 12.1 Å². The van der Waals surface area contributed by atoms with Crippen molar-refractivity contribution in [2.45, 2.75) is 5.92 Å². The molecule has 2 N–H and O–H groups in total. The van der Waals surface area contributed by atoms with Crippen LogP contribution in [-0.2, 0) is 0 Å². The number of carbonyl (C=O) groups excluding carboxylic acids is 1. The number of aromatic amines is 1. The normalized spacial score (nSPS) is 11.9. The number of rotatable bonds is 6. The maximum Gasteiger partial charge on any atom is 0.251 e. The summed E-state index contributed by atoms with van der Waals surface area (Å²) in [6, 6.07) is 25.5. The van der Waals surface area contributed by atoms with E-state index in [-0.39, 0.29) is 11.8 Å². The third kappa shape index (κ3) is 3.62. The lowest BCUT2D eigenvalue weighted by molar-refractivity contribution is 0.0952. The molecule has 0 spiro atoms. The van der Waals surface area contributed by atoms with Crippen LogP contribution in [0.3, 0.4) is 0 Å². The number of nitrogens with one attached hydrogen (secondary N) is 2. The summed E-state index contributed by atoms with van der Waals surface area (Å²) in [5, 5.41) is 4.26. The Morgan fingerprint density at radius 1 is 0.964 bits per heavy atom. The molecule has 4 aromatic rings. The molecule has 0 fully saturated rings. The summed E-state index contributed by atoms with van der Waals surface area (Å²) >= 11 is 0. The van der Waals surface area contributed by atoms with Crippen molar-refractivity contribution >= 4 is 16.8 Å². The molecule has 1 unspecified atom stereocenters. The molecule has 0 aliphatic rings. The van der Waals surface area contributed by atoms with Gasteiger partial charge in [0.2, 0.25) is 0 Å². The van der Waals surface area contributed by atoms with Gasteiger partial charge in [0.15, 0.2) is 0 Å². The minimum Gasteiger partial charge on any atom is -0.497 e. The van der Waals surface area contributed by atoms with Crippen LogP contribution in [0.15, 0.2) is 85.1 Å². The summed E-state index contributed by atoms with van der Waals surface area (Å²) in [5.74, 6) is 0.767. The topological polar surface area (TPSA) is 54.1 Å². The largest absolute Gasteiger partial charge is 0.497 e. The number of hydrogen-bond acceptors (Lipinski definition) is 2. The van der Waals surface area contributed by atoms with Crippen LogP contribution in [0.25, 0.3) is 10.9 Å². The molecule has 4 nitrogen and oxygen atoms in total. The van der Waals surface area contributed by atoms with Crippen LogP contribution in [0.4, 0.5) is 0 Å². The van der Waals surface area contributed by atoms with Crippen LogP contribution in [0, 0.1) is 0 Å². The summed E-state index contributed by atoms with van der Waals surface area (Å²) in [4.78, 5) is 15.9. The molecule has 4 heteroatoms. The first kappa shape index (κ1) is 17.9. The van der Waals surface area contributed by atoms with Gasteiger partial charge in [0.1, 0.15) is 5.75 Å². The van der Waals surface area contributed by atoms with Crippen LogP contribution in [0.1, 0.15) is 27.4 Å². The van der Waals surface area contributed by atoms with E-state index in [2.05, 4.69) is 34.6 Å². The highest BCUT2D eigenvalue weighted by Gasteiger charge is 2.19. The molecule has 4 rings (SSSR count). The molecule has 0 saturated heterocycles. The first-order chi connectivity index (χ1) is 13.8. The fourth-order valence-corrected chi connectivity index (χ4v) is 3.51. The molecular formula is C24H22N2O2. The maximum absolute atomic E-state index is 12.6. The van der Waals surface area contributed by atoms with E-state index in [9.17, 15) is 4.79 Å². The van der Waals surface area contributed by atoms with Gasteiger partial charge in [-0.25, -0.2) is 0 Å². The Bertz CT molecular complexity index is 1070. The van der Waals surface area contributed by atoms with E-state index in [0.717, 1.165) is 27.8 Å². The van der Waals surface area contributed by atoms with E-state index in [1.807, 2.05) is 60.8 Å². The molecule has 1 atom stereocenters. The second kappa shape index (κ2) is 8.01. The van der Waals surface area contributed by atoms with Gasteiger partial charge in [0.25, 0.3) is 5.91 Å². The Balaban J connectivity index is 1.66. The van der Waals surface area contributed by atoms with Gasteiger partial charge >= 0.3 is 0 Å². The Labute approximate surface area is 164 Å². The number of aromatic nitrogens is 1. The fraction of sp³-hybridized carbons (Fsp3) is 0.125. The van der Waals surface area contributed by atoms with Crippen LogP contribution >= 0.6 is 0 Å². The monoisotopic (exact) mass is 370 g/mol. The molecule has 140 valence electrons. The van der Waals surface area contributed by atoms with E-state index >= 15 is 0 Å². The molecule has 1 amide bonds. The first-order valence-corrected chi connectivity index (χ1v) is 9.29. The number of H-pyrrole nitrogens is 1. The molecule has 0 bridgehead atoms. The van der Waals surface area contributed by atoms with Crippen LogP contribution in [0.2, 0.25) is 0 Å². The second-order valence-corrected chi connectivity index (χ2v) is 6.69. The van der Waals surface area contributed by atoms with Crippen molar-refractivity contribution in [3.8, 4) is 5.75 Å². The van der Waals surface area contributed by atoms with Gasteiger partial charge in [-0.05, 0) is 41.5 Å². The second-order valence-electron chi connectivity index (χ2n) is 6.69. The van der Waals surface area contributed by atoms with Crippen molar-refractivity contribution in [3.63, 3.8) is 0 Å². The predicted octanol–water partition coefficient (Wildman–Crippen LogP) is 4.74. The van der Waals surface area contributed by atoms with Gasteiger partial charge in [-0.3, -0.25) is 4.79 Å². The number of carbonyl (C=O) groups is 1. The number of fused-ring (bicyclic) bond motifs is 1. The van der Waals surface area contributed by atoms with Gasteiger partial charge in [-0.15, -0.1) is 0 Å². The van der Waals surface area contributed by atoms with E-state index in [4.69, 9.17) is 4.74 Å². The third-order valence-electron chi connectivity index (χ3n) is 5.02. The summed E-state index contributed by atoms with van der Waals surface area (Å²) in [7, 11) is 1.66. The molecule has 1 aromatic heterocycles. The summed E-state index contributed by atoms with van der Waals surface area (Å²) < 4.78 is 5.29. The van der Waals surface area contributed by atoms with Gasteiger partial charge in [-0.1, -0.05) is 48.5 Å². The quantitative estimate of drug-likeness (QED) is 0.515. The lowest BCUT2D eigenvalue weighted by Gasteiger charge is -2.18. The zero-order valence-corrected chi connectivity index (χ0v) is 15.7. The Hall–Kier alpha value is -3.53. The lowest BCUT2D eigenvalue weighted by Crippen LogP contribution is -2.28. The highest BCUT2D eigenvalue weighted by atomic mass is 16.5. The van der Waals surface area contributed by atoms with Gasteiger partial charge in [-0.2, -0.15) is 0 Å². The van der Waals surface area contributed by atoms with Gasteiger partial charge in [0.05, 0.1) is 7.11 Å². The Morgan fingerprint density at radius 2 is 1.68 bits per heavy atom. The van der Waals surface area contributed by atoms with Crippen molar-refractivity contribution in [3.05, 3.63) is 102 Å². The number of benzene rings is 3. The summed E-state index contributed by atoms with van der Waals surface area (Å²) in [5.41, 5.74) is 4.04. The van der Waals surface area contributed by atoms with Crippen molar-refractivity contribution in [2.24, 2.45) is 0 Å². The zero-order chi connectivity index (χ0) is 19.3. The Morgan fingerprint density at radius 3 is 2.43 bits per heavy atom. The van der Waals surface area contributed by atoms with E-state index in [1.165, 1.54) is 0 Å². The van der Waals surface area contributed by atoms with Crippen LogP contribution < -0.4 is 10.1 Å². The maximum atomic E-state index is 12.6. The molecule has 0 aliphatic carbocycles. The SMILES string of the molecule is COc1ccc(C(CNC(=O)c2ccccc2)c2c[nH]c3ccccc23)cc1. The number of para-hydroxylation sites is 1. The number of ether oxygens (including phenoxy) is 1. The average molecular weight is 370 g/mol. The Kier molecular flexibility index (Phi) is 5.11. The number of amides is 1. The smallest absolute Gasteiger partial charge is 0.251 e. The highest BCUT2D eigenvalue weighted by Crippen LogP contribution is 2.31. The first-order valence-electron chi connectivity index (χ1n) is 9.29. The predicted molar refractivity (Wildman–Crippen MR) is 112 cm³/mol. The van der Waals surface area contributed by atoms with Crippen molar-refractivity contribution in [1.29, 1.82) is 0 Å². The summed E-state index contributed by atoms with van der Waals surface area (Å²) in [6.45, 7) is 0.502. The lowest BCUT2D eigenvalue weighted by atomic mass is 9.90. The molecule has 3 aromatic carbocycles. The average Bonchev–Trinajstić information content (AvgIpc) is 3.19. The van der Waals surface area contributed by atoms with Crippen molar-refractivity contribution < 1.29 is 9.53 Å². The van der Waals surface area contributed by atoms with Crippen LogP contribution in [-0.4, -0.2) is 24.5 Å². The summed E-state index contributed by atoms with van der Waals surface area (Å²) in [6.07, 6.45) is 2.04. The molecule has 28 heavy (non-hydrogen) atoms. The van der Waals surface area contributed by atoms with Gasteiger partial charge < -0.3 is 15.0 Å². The standard InChI is InChI=1S/C24H22N2O2/c1-28-19-13-11-17(12-14-19)21(15-26-24(27)18-7-3-2-4-8-18)22-16-25-23-10-6-5-9-20(22)23/h2-14,16,21,25H,15H2,1H3,(H,26,27). The molecule has 1 heterocycles. The molecule has 0 radical (unpaired) electrons. The zero-order valence-electron chi connectivity index (χ0n) is 15.7. The highest BCUT2D eigenvalue weighted by molar-refractivity contribution is 5.94. The number of hydrogen-bond donors (Lipinski definition) is 2. The van der Waals surface area contributed by atoms with Crippen LogP contribution in [0.5, 0.6) is 5.75 Å². The molecule has 0 saturated carbocycles. The molecule has 0 aliphatic heterocycles. The number of methoxy groups -OCH3 is 1. The molecular weight excluding hydrogens is 348 g/mol. The van der Waals surface area contributed by atoms with E-state index in [1.54, 1.807) is 7.11 Å². The fourth-order valence-electron chi connectivity index (χ4n) is 3.51. The third-order valence-corrected chi connectivity index (χ3v) is 5.02. The van der Waals surface area contributed by atoms with Crippen molar-refractivity contribution in [2.75, 3.05) is 13.7 Å².